The number of aromatic amines is 1. The molecule has 0 saturated carbocycles. The summed E-state index contributed by atoms with van der Waals surface area (Å²) in [5, 5.41) is 5.02. The van der Waals surface area contributed by atoms with Crippen LogP contribution >= 0.6 is 0 Å². The number of sulfone groups is 1. The first-order valence-corrected chi connectivity index (χ1v) is 7.66. The summed E-state index contributed by atoms with van der Waals surface area (Å²) in [5.41, 5.74) is -2.16. The lowest BCUT2D eigenvalue weighted by atomic mass is 10.1. The molecule has 22 heavy (non-hydrogen) atoms. The second kappa shape index (κ2) is 4.95. The number of benzene rings is 1. The van der Waals surface area contributed by atoms with Crippen LogP contribution in [0.15, 0.2) is 40.2 Å². The van der Waals surface area contributed by atoms with Crippen LogP contribution in [0.5, 0.6) is 11.5 Å². The Morgan fingerprint density at radius 3 is 2.64 bits per heavy atom. The van der Waals surface area contributed by atoms with E-state index in [-0.39, 0.29) is 11.3 Å². The van der Waals surface area contributed by atoms with E-state index < -0.39 is 31.6 Å². The Balaban J connectivity index is 2.02. The lowest BCUT2D eigenvalue weighted by Gasteiger charge is -2.09. The predicted molar refractivity (Wildman–Crippen MR) is 73.8 cm³/mol. The number of methoxy groups -OCH3 is 1. The van der Waals surface area contributed by atoms with Gasteiger partial charge in [0.15, 0.2) is 5.03 Å². The lowest BCUT2D eigenvalue weighted by molar-refractivity contribution is 0.0930. The number of fused-ring (bicyclic) bond motifs is 1. The monoisotopic (exact) mass is 322 g/mol. The van der Waals surface area contributed by atoms with Gasteiger partial charge in [0.05, 0.1) is 12.7 Å². The van der Waals surface area contributed by atoms with Crippen LogP contribution in [-0.2, 0) is 9.84 Å². The van der Waals surface area contributed by atoms with E-state index in [0.717, 1.165) is 12.1 Å². The Bertz CT molecular complexity index is 898. The van der Waals surface area contributed by atoms with Crippen molar-refractivity contribution < 1.29 is 22.7 Å². The van der Waals surface area contributed by atoms with E-state index in [9.17, 15) is 18.0 Å². The normalized spacial score (nSPS) is 17.0. The van der Waals surface area contributed by atoms with Gasteiger partial charge in [-0.15, -0.1) is 0 Å². The molecule has 1 aliphatic heterocycles. The second-order valence-corrected chi connectivity index (χ2v) is 6.42. The third-order valence-electron chi connectivity index (χ3n) is 3.13. The van der Waals surface area contributed by atoms with Gasteiger partial charge in [0.25, 0.3) is 11.0 Å². The van der Waals surface area contributed by atoms with Crippen LogP contribution < -0.4 is 15.0 Å². The van der Waals surface area contributed by atoms with Gasteiger partial charge >= 0.3 is 0 Å². The maximum absolute atomic E-state index is 12.4. The number of rotatable bonds is 3. The van der Waals surface area contributed by atoms with Crippen LogP contribution in [0.3, 0.4) is 0 Å². The van der Waals surface area contributed by atoms with Crippen molar-refractivity contribution in [2.24, 2.45) is 0 Å². The molecule has 0 radical (unpaired) electrons. The summed E-state index contributed by atoms with van der Waals surface area (Å²) in [4.78, 5) is 23.3. The first kappa shape index (κ1) is 14.3. The van der Waals surface area contributed by atoms with Crippen molar-refractivity contribution in [3.8, 4) is 11.5 Å². The zero-order valence-corrected chi connectivity index (χ0v) is 12.1. The van der Waals surface area contributed by atoms with Crippen LogP contribution in [0.2, 0.25) is 0 Å². The fourth-order valence-corrected chi connectivity index (χ4v) is 3.32. The van der Waals surface area contributed by atoms with Crippen molar-refractivity contribution >= 4 is 15.6 Å². The molecular weight excluding hydrogens is 312 g/mol. The Kier molecular flexibility index (Phi) is 3.21. The highest BCUT2D eigenvalue weighted by atomic mass is 32.2. The standard InChI is InChI=1S/C13H10N2O6S/c1-20-7-2-3-9-8(6-7)12(17)13(21-9)22(18,19)11-5-4-10(16)14-15-11/h2-6,13H,1H3,(H,14,16). The molecule has 1 aromatic carbocycles. The number of hydrogen-bond donors (Lipinski definition) is 1. The highest BCUT2D eigenvalue weighted by molar-refractivity contribution is 7.92. The Morgan fingerprint density at radius 1 is 1.23 bits per heavy atom. The van der Waals surface area contributed by atoms with E-state index in [1.165, 1.54) is 19.2 Å². The zero-order chi connectivity index (χ0) is 15.9. The molecule has 1 aliphatic rings. The third-order valence-corrected chi connectivity index (χ3v) is 4.81. The fourth-order valence-electron chi connectivity index (χ4n) is 2.03. The predicted octanol–water partition coefficient (Wildman–Crippen LogP) is 0.154. The van der Waals surface area contributed by atoms with Gasteiger partial charge in [-0.3, -0.25) is 9.59 Å². The first-order valence-electron chi connectivity index (χ1n) is 6.12. The second-order valence-electron chi connectivity index (χ2n) is 4.48. The molecule has 0 aliphatic carbocycles. The van der Waals surface area contributed by atoms with E-state index in [1.807, 2.05) is 5.10 Å². The Labute approximate surface area is 124 Å². The highest BCUT2D eigenvalue weighted by Crippen LogP contribution is 2.35. The number of ketones is 1. The van der Waals surface area contributed by atoms with E-state index in [1.54, 1.807) is 6.07 Å². The van der Waals surface area contributed by atoms with Crippen LogP contribution in [0.4, 0.5) is 0 Å². The number of nitrogens with zero attached hydrogens (tertiary/aromatic N) is 1. The van der Waals surface area contributed by atoms with Crippen molar-refractivity contribution in [3.63, 3.8) is 0 Å². The summed E-state index contributed by atoms with van der Waals surface area (Å²) in [6, 6.07) is 6.46. The number of Topliss-reactive ketones (excluding diaryl/α,β-unsaturated/α-hetero) is 1. The Hall–Kier alpha value is -2.68. The van der Waals surface area contributed by atoms with Gasteiger partial charge in [-0.2, -0.15) is 5.10 Å². The smallest absolute Gasteiger partial charge is 0.267 e. The number of H-pyrrole nitrogens is 1. The summed E-state index contributed by atoms with van der Waals surface area (Å²) in [7, 11) is -2.75. The number of carbonyl (C=O) groups is 1. The van der Waals surface area contributed by atoms with Crippen LogP contribution in [0.1, 0.15) is 10.4 Å². The van der Waals surface area contributed by atoms with Crippen molar-refractivity contribution in [1.82, 2.24) is 10.2 Å². The largest absolute Gasteiger partial charge is 0.497 e. The topological polar surface area (TPSA) is 115 Å². The lowest BCUT2D eigenvalue weighted by Crippen LogP contribution is -2.32. The molecule has 0 fully saturated rings. The SMILES string of the molecule is COc1ccc2c(c1)C(=O)C(S(=O)(=O)c1ccc(=O)[nH]n1)O2. The molecule has 1 aromatic heterocycles. The van der Waals surface area contributed by atoms with Crippen LogP contribution in [-0.4, -0.2) is 36.9 Å². The number of hydrogen-bond acceptors (Lipinski definition) is 7. The highest BCUT2D eigenvalue weighted by Gasteiger charge is 2.44. The fraction of sp³-hybridized carbons (Fsp3) is 0.154. The molecule has 1 unspecified atom stereocenters. The molecule has 1 atom stereocenters. The van der Waals surface area contributed by atoms with Crippen molar-refractivity contribution in [3.05, 3.63) is 46.2 Å². The van der Waals surface area contributed by atoms with Gasteiger partial charge in [0.2, 0.25) is 15.6 Å². The van der Waals surface area contributed by atoms with E-state index in [0.29, 0.717) is 5.75 Å². The summed E-state index contributed by atoms with van der Waals surface area (Å²) in [6.45, 7) is 0. The van der Waals surface area contributed by atoms with Crippen LogP contribution in [0.25, 0.3) is 0 Å². The van der Waals surface area contributed by atoms with E-state index in [2.05, 4.69) is 5.10 Å². The number of aromatic nitrogens is 2. The average Bonchev–Trinajstić information content (AvgIpc) is 2.85. The van der Waals surface area contributed by atoms with Crippen LogP contribution in [0, 0.1) is 0 Å². The minimum absolute atomic E-state index is 0.123. The summed E-state index contributed by atoms with van der Waals surface area (Å²) < 4.78 is 35.1. The summed E-state index contributed by atoms with van der Waals surface area (Å²) in [5.74, 6) is -0.137. The molecule has 2 aromatic rings. The van der Waals surface area contributed by atoms with Gasteiger partial charge < -0.3 is 9.47 Å². The van der Waals surface area contributed by atoms with E-state index >= 15 is 0 Å². The molecule has 0 saturated heterocycles. The van der Waals surface area contributed by atoms with Gasteiger partial charge in [0, 0.05) is 6.07 Å². The number of carbonyl (C=O) groups excluding carboxylic acids is 1. The maximum Gasteiger partial charge on any atom is 0.267 e. The van der Waals surface area contributed by atoms with Gasteiger partial charge in [0.1, 0.15) is 11.5 Å². The zero-order valence-electron chi connectivity index (χ0n) is 11.3. The minimum Gasteiger partial charge on any atom is -0.497 e. The molecule has 0 amide bonds. The molecule has 3 rings (SSSR count). The molecule has 114 valence electrons. The minimum atomic E-state index is -4.19. The quantitative estimate of drug-likeness (QED) is 0.855. The maximum atomic E-state index is 12.4. The molecular formula is C13H10N2O6S. The summed E-state index contributed by atoms with van der Waals surface area (Å²) >= 11 is 0. The van der Waals surface area contributed by atoms with Gasteiger partial charge in [-0.05, 0) is 24.3 Å². The number of nitrogens with one attached hydrogen (secondary N) is 1. The molecule has 0 spiro atoms. The molecule has 9 heteroatoms. The van der Waals surface area contributed by atoms with Gasteiger partial charge in [-0.25, -0.2) is 13.5 Å². The van der Waals surface area contributed by atoms with Crippen molar-refractivity contribution in [2.45, 2.75) is 10.5 Å². The van der Waals surface area contributed by atoms with Crippen molar-refractivity contribution in [2.75, 3.05) is 7.11 Å². The van der Waals surface area contributed by atoms with Gasteiger partial charge in [-0.1, -0.05) is 0 Å². The molecule has 0 bridgehead atoms. The molecule has 2 heterocycles. The van der Waals surface area contributed by atoms with E-state index in [4.69, 9.17) is 9.47 Å². The third kappa shape index (κ3) is 2.15. The van der Waals surface area contributed by atoms with Crippen molar-refractivity contribution in [1.29, 1.82) is 0 Å². The average molecular weight is 322 g/mol. The summed E-state index contributed by atoms with van der Waals surface area (Å²) in [6.07, 6.45) is 0. The molecule has 1 N–H and O–H groups in total. The first-order chi connectivity index (χ1) is 10.4. The Morgan fingerprint density at radius 2 is 2.00 bits per heavy atom. The molecule has 8 nitrogen and oxygen atoms in total. The number of ether oxygens (including phenoxy) is 2.